The van der Waals surface area contributed by atoms with Crippen LogP contribution in [-0.4, -0.2) is 16.3 Å². The van der Waals surface area contributed by atoms with E-state index in [2.05, 4.69) is 5.32 Å². The summed E-state index contributed by atoms with van der Waals surface area (Å²) >= 11 is 5.99. The zero-order valence-electron chi connectivity index (χ0n) is 14.3. The van der Waals surface area contributed by atoms with Crippen LogP contribution >= 0.6 is 11.6 Å². The lowest BCUT2D eigenvalue weighted by molar-refractivity contribution is -0.123. The van der Waals surface area contributed by atoms with Gasteiger partial charge in [-0.15, -0.1) is 0 Å². The highest BCUT2D eigenvalue weighted by atomic mass is 35.5. The lowest BCUT2D eigenvalue weighted by Crippen LogP contribution is -2.41. The van der Waals surface area contributed by atoms with Gasteiger partial charge in [0.1, 0.15) is 0 Å². The van der Waals surface area contributed by atoms with Crippen LogP contribution in [0.2, 0.25) is 5.02 Å². The van der Waals surface area contributed by atoms with Gasteiger partial charge in [-0.2, -0.15) is 0 Å². The Morgan fingerprint density at radius 1 is 0.926 bits per heavy atom. The Morgan fingerprint density at radius 2 is 1.56 bits per heavy atom. The van der Waals surface area contributed by atoms with Gasteiger partial charge >= 0.3 is 0 Å². The average molecular weight is 381 g/mol. The SMILES string of the molecule is O=C(NCc1ccccc1)C(C(=O)c1ccccc1)n1cc(Cl)ccc1=O. The monoisotopic (exact) mass is 380 g/mol. The topological polar surface area (TPSA) is 68.2 Å². The predicted molar refractivity (Wildman–Crippen MR) is 104 cm³/mol. The molecule has 1 aromatic heterocycles. The van der Waals surface area contributed by atoms with Crippen LogP contribution in [-0.2, 0) is 11.3 Å². The smallest absolute Gasteiger partial charge is 0.251 e. The largest absolute Gasteiger partial charge is 0.350 e. The molecular formula is C21H17ClN2O3. The highest BCUT2D eigenvalue weighted by Gasteiger charge is 2.30. The van der Waals surface area contributed by atoms with E-state index in [0.717, 1.165) is 10.1 Å². The van der Waals surface area contributed by atoms with E-state index in [4.69, 9.17) is 11.6 Å². The number of ketones is 1. The molecule has 0 aliphatic heterocycles. The van der Waals surface area contributed by atoms with Gasteiger partial charge in [-0.1, -0.05) is 72.3 Å². The Balaban J connectivity index is 1.94. The third-order valence-electron chi connectivity index (χ3n) is 4.04. The summed E-state index contributed by atoms with van der Waals surface area (Å²) < 4.78 is 1.07. The number of rotatable bonds is 6. The number of benzene rings is 2. The quantitative estimate of drug-likeness (QED) is 0.527. The van der Waals surface area contributed by atoms with Gasteiger partial charge in [0, 0.05) is 24.4 Å². The Morgan fingerprint density at radius 3 is 2.22 bits per heavy atom. The molecule has 0 bridgehead atoms. The van der Waals surface area contributed by atoms with Crippen molar-refractivity contribution in [3.05, 3.63) is 105 Å². The van der Waals surface area contributed by atoms with Crippen molar-refractivity contribution < 1.29 is 9.59 Å². The maximum atomic E-state index is 13.0. The van der Waals surface area contributed by atoms with Crippen molar-refractivity contribution in [3.8, 4) is 0 Å². The van der Waals surface area contributed by atoms with Gasteiger partial charge in [-0.3, -0.25) is 19.0 Å². The lowest BCUT2D eigenvalue weighted by atomic mass is 10.0. The molecule has 0 fully saturated rings. The van der Waals surface area contributed by atoms with E-state index in [1.807, 2.05) is 30.3 Å². The van der Waals surface area contributed by atoms with E-state index < -0.39 is 23.3 Å². The maximum Gasteiger partial charge on any atom is 0.251 e. The number of Topliss-reactive ketones (excluding diaryl/α,β-unsaturated/α-hetero) is 1. The minimum atomic E-state index is -1.35. The molecule has 0 aliphatic carbocycles. The number of nitrogens with one attached hydrogen (secondary N) is 1. The number of nitrogens with zero attached hydrogens (tertiary/aromatic N) is 1. The summed E-state index contributed by atoms with van der Waals surface area (Å²) in [5.74, 6) is -1.05. The number of carbonyl (C=O) groups is 2. The van der Waals surface area contributed by atoms with Crippen LogP contribution in [0.15, 0.2) is 83.8 Å². The van der Waals surface area contributed by atoms with Crippen LogP contribution in [0.3, 0.4) is 0 Å². The van der Waals surface area contributed by atoms with Crippen molar-refractivity contribution in [2.24, 2.45) is 0 Å². The van der Waals surface area contributed by atoms with Crippen molar-refractivity contribution in [3.63, 3.8) is 0 Å². The Kier molecular flexibility index (Phi) is 5.84. The minimum absolute atomic E-state index is 0.244. The van der Waals surface area contributed by atoms with Gasteiger partial charge in [0.2, 0.25) is 0 Å². The summed E-state index contributed by atoms with van der Waals surface area (Å²) in [7, 11) is 0. The molecule has 6 heteroatoms. The van der Waals surface area contributed by atoms with Gasteiger partial charge in [0.15, 0.2) is 11.8 Å². The first-order chi connectivity index (χ1) is 13.1. The van der Waals surface area contributed by atoms with Gasteiger partial charge in [-0.25, -0.2) is 0 Å². The molecule has 3 rings (SSSR count). The number of hydrogen-bond donors (Lipinski definition) is 1. The summed E-state index contributed by atoms with van der Waals surface area (Å²) in [4.78, 5) is 38.2. The highest BCUT2D eigenvalue weighted by molar-refractivity contribution is 6.30. The molecule has 2 aromatic carbocycles. The number of pyridine rings is 1. The molecule has 0 saturated carbocycles. The van der Waals surface area contributed by atoms with E-state index in [1.54, 1.807) is 30.3 Å². The predicted octanol–water partition coefficient (Wildman–Crippen LogP) is 3.24. The fourth-order valence-electron chi connectivity index (χ4n) is 2.69. The lowest BCUT2D eigenvalue weighted by Gasteiger charge is -2.19. The first-order valence-corrected chi connectivity index (χ1v) is 8.72. The third kappa shape index (κ3) is 4.51. The zero-order chi connectivity index (χ0) is 19.2. The van der Waals surface area contributed by atoms with Crippen molar-refractivity contribution in [1.82, 2.24) is 9.88 Å². The molecule has 5 nitrogen and oxygen atoms in total. The van der Waals surface area contributed by atoms with Crippen molar-refractivity contribution >= 4 is 23.3 Å². The van der Waals surface area contributed by atoms with Gasteiger partial charge < -0.3 is 5.32 Å². The second kappa shape index (κ2) is 8.47. The van der Waals surface area contributed by atoms with E-state index in [-0.39, 0.29) is 11.6 Å². The fraction of sp³-hybridized carbons (Fsp3) is 0.0952. The molecule has 1 atom stereocenters. The molecule has 136 valence electrons. The van der Waals surface area contributed by atoms with Gasteiger partial charge in [-0.05, 0) is 11.6 Å². The van der Waals surface area contributed by atoms with E-state index in [0.29, 0.717) is 5.56 Å². The molecule has 3 aromatic rings. The average Bonchev–Trinajstić information content (AvgIpc) is 2.70. The molecule has 1 N–H and O–H groups in total. The molecular weight excluding hydrogens is 364 g/mol. The third-order valence-corrected chi connectivity index (χ3v) is 4.27. The first-order valence-electron chi connectivity index (χ1n) is 8.35. The van der Waals surface area contributed by atoms with Crippen molar-refractivity contribution in [1.29, 1.82) is 0 Å². The summed E-state index contributed by atoms with van der Waals surface area (Å²) in [5, 5.41) is 2.99. The minimum Gasteiger partial charge on any atom is -0.350 e. The highest BCUT2D eigenvalue weighted by Crippen LogP contribution is 2.16. The standard InChI is InChI=1S/C21H17ClN2O3/c22-17-11-12-18(25)24(14-17)19(20(26)16-9-5-2-6-10-16)21(27)23-13-15-7-3-1-4-8-15/h1-12,14,19H,13H2,(H,23,27). The molecule has 1 unspecified atom stereocenters. The van der Waals surface area contributed by atoms with Crippen LogP contribution in [0.4, 0.5) is 0 Å². The van der Waals surface area contributed by atoms with Crippen LogP contribution in [0, 0.1) is 0 Å². The fourth-order valence-corrected chi connectivity index (χ4v) is 2.86. The van der Waals surface area contributed by atoms with E-state index in [9.17, 15) is 14.4 Å². The van der Waals surface area contributed by atoms with Crippen LogP contribution in [0.5, 0.6) is 0 Å². The molecule has 0 spiro atoms. The van der Waals surface area contributed by atoms with Gasteiger partial charge in [0.05, 0.1) is 5.02 Å². The summed E-state index contributed by atoms with van der Waals surface area (Å²) in [5.41, 5.74) is 0.739. The Bertz CT molecular complexity index is 1000. The maximum absolute atomic E-state index is 13.0. The molecule has 0 radical (unpaired) electrons. The Labute approximate surface area is 161 Å². The molecule has 1 heterocycles. The molecule has 27 heavy (non-hydrogen) atoms. The summed E-state index contributed by atoms with van der Waals surface area (Å²) in [6.45, 7) is 0.244. The van der Waals surface area contributed by atoms with E-state index >= 15 is 0 Å². The number of hydrogen-bond acceptors (Lipinski definition) is 3. The van der Waals surface area contributed by atoms with Crippen molar-refractivity contribution in [2.75, 3.05) is 0 Å². The molecule has 0 saturated heterocycles. The van der Waals surface area contributed by atoms with Crippen molar-refractivity contribution in [2.45, 2.75) is 12.6 Å². The number of amides is 1. The summed E-state index contributed by atoms with van der Waals surface area (Å²) in [6.07, 6.45) is 1.30. The normalized spacial score (nSPS) is 11.6. The second-order valence-corrected chi connectivity index (χ2v) is 6.37. The Hall–Kier alpha value is -3.18. The van der Waals surface area contributed by atoms with Crippen LogP contribution in [0.25, 0.3) is 0 Å². The number of aromatic nitrogens is 1. The van der Waals surface area contributed by atoms with Crippen LogP contribution < -0.4 is 10.9 Å². The summed E-state index contributed by atoms with van der Waals surface area (Å²) in [6, 6.07) is 19.0. The molecule has 0 aliphatic rings. The number of halogens is 1. The zero-order valence-corrected chi connectivity index (χ0v) is 15.1. The second-order valence-electron chi connectivity index (χ2n) is 5.93. The molecule has 1 amide bonds. The van der Waals surface area contributed by atoms with Gasteiger partial charge in [0.25, 0.3) is 11.5 Å². The van der Waals surface area contributed by atoms with Crippen LogP contribution in [0.1, 0.15) is 22.0 Å². The number of carbonyl (C=O) groups excluding carboxylic acids is 2. The van der Waals surface area contributed by atoms with E-state index in [1.165, 1.54) is 18.3 Å². The first kappa shape index (κ1) is 18.6.